The molecule has 23 heavy (non-hydrogen) atoms. The van der Waals surface area contributed by atoms with Crippen molar-refractivity contribution in [1.82, 2.24) is 15.1 Å². The van der Waals surface area contributed by atoms with Crippen molar-refractivity contribution in [2.75, 3.05) is 26.3 Å². The fourth-order valence-corrected chi connectivity index (χ4v) is 2.68. The third-order valence-electron chi connectivity index (χ3n) is 3.81. The van der Waals surface area contributed by atoms with Gasteiger partial charge >= 0.3 is 5.97 Å². The Morgan fingerprint density at radius 1 is 1.43 bits per heavy atom. The molecule has 1 aromatic heterocycles. The van der Waals surface area contributed by atoms with Crippen molar-refractivity contribution in [3.8, 4) is 11.5 Å². The number of rotatable bonds is 5. The van der Waals surface area contributed by atoms with Crippen molar-refractivity contribution in [1.29, 1.82) is 0 Å². The molecule has 2 heterocycles. The summed E-state index contributed by atoms with van der Waals surface area (Å²) in [5.41, 5.74) is 0.941. The average molecular weight is 319 g/mol. The van der Waals surface area contributed by atoms with E-state index in [1.165, 1.54) is 0 Å². The van der Waals surface area contributed by atoms with Gasteiger partial charge in [-0.05, 0) is 18.6 Å². The van der Waals surface area contributed by atoms with Crippen LogP contribution in [0.1, 0.15) is 22.7 Å². The van der Waals surface area contributed by atoms with Gasteiger partial charge in [0.15, 0.2) is 0 Å². The molecule has 0 amide bonds. The summed E-state index contributed by atoms with van der Waals surface area (Å²) < 4.78 is 23.3. The Kier molecular flexibility index (Phi) is 4.66. The van der Waals surface area contributed by atoms with Gasteiger partial charge in [0.05, 0.1) is 11.1 Å². The Morgan fingerprint density at radius 3 is 3.00 bits per heavy atom. The highest BCUT2D eigenvalue weighted by Gasteiger charge is 2.27. The number of likely N-dealkylation sites (tertiary alicyclic amines) is 1. The van der Waals surface area contributed by atoms with Gasteiger partial charge in [-0.25, -0.2) is 9.18 Å². The van der Waals surface area contributed by atoms with E-state index in [9.17, 15) is 9.18 Å². The van der Waals surface area contributed by atoms with E-state index in [-0.39, 0.29) is 12.8 Å². The summed E-state index contributed by atoms with van der Waals surface area (Å²) in [6.45, 7) is 2.99. The molecule has 1 aliphatic rings. The van der Waals surface area contributed by atoms with Crippen LogP contribution < -0.4 is 0 Å². The topological polar surface area (TPSA) is 68.5 Å². The van der Waals surface area contributed by atoms with Crippen LogP contribution in [-0.4, -0.2) is 53.5 Å². The molecule has 0 N–H and O–H groups in total. The number of benzene rings is 1. The van der Waals surface area contributed by atoms with E-state index in [1.54, 1.807) is 31.2 Å². The number of halogens is 1. The third kappa shape index (κ3) is 3.56. The minimum atomic E-state index is -0.427. The molecule has 3 rings (SSSR count). The summed E-state index contributed by atoms with van der Waals surface area (Å²) in [5, 5.41) is 7.74. The smallest absolute Gasteiger partial charge is 0.339 e. The Hall–Kier alpha value is -2.28. The number of alkyl halides is 1. The van der Waals surface area contributed by atoms with Crippen LogP contribution in [0.25, 0.3) is 11.5 Å². The minimum Gasteiger partial charge on any atom is -0.457 e. The van der Waals surface area contributed by atoms with Gasteiger partial charge in [-0.15, -0.1) is 10.2 Å². The lowest BCUT2D eigenvalue weighted by Crippen LogP contribution is -2.26. The van der Waals surface area contributed by atoms with Crippen molar-refractivity contribution in [2.24, 2.45) is 0 Å². The highest BCUT2D eigenvalue weighted by Crippen LogP contribution is 2.24. The predicted octanol–water partition coefficient (Wildman–Crippen LogP) is 2.25. The number of ether oxygens (including phenoxy) is 1. The zero-order valence-electron chi connectivity index (χ0n) is 12.9. The third-order valence-corrected chi connectivity index (χ3v) is 3.81. The average Bonchev–Trinajstić information content (AvgIpc) is 3.17. The molecular formula is C16H18FN3O3. The van der Waals surface area contributed by atoms with Gasteiger partial charge in [-0.3, -0.25) is 4.90 Å². The van der Waals surface area contributed by atoms with E-state index in [0.29, 0.717) is 42.4 Å². The first-order valence-electron chi connectivity index (χ1n) is 7.56. The first-order chi connectivity index (χ1) is 11.2. The lowest BCUT2D eigenvalue weighted by Gasteiger charge is -2.15. The van der Waals surface area contributed by atoms with E-state index >= 15 is 0 Å². The SMILES string of the molecule is Cc1nnc(-c2ccccc2C(=O)O[C@H]2CCN(CCF)C2)o1. The van der Waals surface area contributed by atoms with Gasteiger partial charge in [-0.2, -0.15) is 0 Å². The van der Waals surface area contributed by atoms with Crippen LogP contribution >= 0.6 is 0 Å². The number of carbonyl (C=O) groups is 1. The molecule has 1 atom stereocenters. The predicted molar refractivity (Wildman–Crippen MR) is 80.7 cm³/mol. The van der Waals surface area contributed by atoms with Crippen LogP contribution in [0, 0.1) is 6.92 Å². The fraction of sp³-hybridized carbons (Fsp3) is 0.438. The molecule has 0 spiro atoms. The van der Waals surface area contributed by atoms with Crippen molar-refractivity contribution < 1.29 is 18.3 Å². The van der Waals surface area contributed by atoms with Crippen LogP contribution in [0.15, 0.2) is 28.7 Å². The standard InChI is InChI=1S/C16H18FN3O3/c1-11-18-19-15(22-11)13-4-2-3-5-14(13)16(21)23-12-6-8-20(10-12)9-7-17/h2-5,12H,6-10H2,1H3/t12-/m0/s1. The van der Waals surface area contributed by atoms with Gasteiger partial charge in [-0.1, -0.05) is 12.1 Å². The fourth-order valence-electron chi connectivity index (χ4n) is 2.68. The summed E-state index contributed by atoms with van der Waals surface area (Å²) >= 11 is 0. The van der Waals surface area contributed by atoms with Gasteiger partial charge < -0.3 is 9.15 Å². The summed E-state index contributed by atoms with van der Waals surface area (Å²) in [6, 6.07) is 6.97. The highest BCUT2D eigenvalue weighted by molar-refractivity contribution is 5.96. The highest BCUT2D eigenvalue weighted by atomic mass is 19.1. The Balaban J connectivity index is 1.73. The number of aryl methyl sites for hydroxylation is 1. The first-order valence-corrected chi connectivity index (χ1v) is 7.56. The number of nitrogens with zero attached hydrogens (tertiary/aromatic N) is 3. The van der Waals surface area contributed by atoms with Crippen LogP contribution in [0.3, 0.4) is 0 Å². The zero-order chi connectivity index (χ0) is 16.2. The Morgan fingerprint density at radius 2 is 2.26 bits per heavy atom. The molecule has 0 aliphatic carbocycles. The molecular weight excluding hydrogens is 301 g/mol. The largest absolute Gasteiger partial charge is 0.457 e. The van der Waals surface area contributed by atoms with Gasteiger partial charge in [0, 0.05) is 26.6 Å². The number of aromatic nitrogens is 2. The second-order valence-corrected chi connectivity index (χ2v) is 5.48. The Labute approximate surface area is 133 Å². The summed E-state index contributed by atoms with van der Waals surface area (Å²) in [4.78, 5) is 14.4. The number of hydrogen-bond acceptors (Lipinski definition) is 6. The number of esters is 1. The molecule has 0 unspecified atom stereocenters. The molecule has 0 bridgehead atoms. The molecule has 1 saturated heterocycles. The molecule has 122 valence electrons. The lowest BCUT2D eigenvalue weighted by molar-refractivity contribution is 0.0322. The maximum absolute atomic E-state index is 12.5. The summed E-state index contributed by atoms with van der Waals surface area (Å²) in [5.74, 6) is 0.296. The lowest BCUT2D eigenvalue weighted by atomic mass is 10.1. The van der Waals surface area contributed by atoms with Gasteiger partial charge in [0.25, 0.3) is 0 Å². The van der Waals surface area contributed by atoms with Crippen molar-refractivity contribution in [2.45, 2.75) is 19.4 Å². The van der Waals surface area contributed by atoms with E-state index in [2.05, 4.69) is 10.2 Å². The quantitative estimate of drug-likeness (QED) is 0.787. The first kappa shape index (κ1) is 15.6. The van der Waals surface area contributed by atoms with E-state index < -0.39 is 5.97 Å². The maximum Gasteiger partial charge on any atom is 0.339 e. The van der Waals surface area contributed by atoms with Crippen molar-refractivity contribution in [3.05, 3.63) is 35.7 Å². The minimum absolute atomic E-state index is 0.216. The van der Waals surface area contributed by atoms with Crippen molar-refractivity contribution >= 4 is 5.97 Å². The van der Waals surface area contributed by atoms with Crippen molar-refractivity contribution in [3.63, 3.8) is 0 Å². The Bertz CT molecular complexity index is 689. The molecule has 1 fully saturated rings. The molecule has 6 nitrogen and oxygen atoms in total. The monoisotopic (exact) mass is 319 g/mol. The van der Waals surface area contributed by atoms with Crippen LogP contribution in [0.2, 0.25) is 0 Å². The second kappa shape index (κ2) is 6.87. The molecule has 1 aliphatic heterocycles. The number of carbonyl (C=O) groups excluding carboxylic acids is 1. The molecule has 1 aromatic carbocycles. The van der Waals surface area contributed by atoms with Crippen LogP contribution in [-0.2, 0) is 4.74 Å². The summed E-state index contributed by atoms with van der Waals surface area (Å²) in [7, 11) is 0. The zero-order valence-corrected chi connectivity index (χ0v) is 12.9. The molecule has 7 heteroatoms. The maximum atomic E-state index is 12.5. The van der Waals surface area contributed by atoms with Crippen LogP contribution in [0.5, 0.6) is 0 Å². The van der Waals surface area contributed by atoms with E-state index in [0.717, 1.165) is 6.54 Å². The molecule has 0 saturated carbocycles. The van der Waals surface area contributed by atoms with Crippen LogP contribution in [0.4, 0.5) is 4.39 Å². The second-order valence-electron chi connectivity index (χ2n) is 5.48. The van der Waals surface area contributed by atoms with E-state index in [1.807, 2.05) is 4.90 Å². The molecule has 0 radical (unpaired) electrons. The summed E-state index contributed by atoms with van der Waals surface area (Å²) in [6.07, 6.45) is 0.500. The normalized spacial score (nSPS) is 18.3. The molecule has 2 aromatic rings. The number of hydrogen-bond donors (Lipinski definition) is 0. The van der Waals surface area contributed by atoms with Gasteiger partial charge in [0.1, 0.15) is 12.8 Å². The van der Waals surface area contributed by atoms with E-state index in [4.69, 9.17) is 9.15 Å². The van der Waals surface area contributed by atoms with Gasteiger partial charge in [0.2, 0.25) is 11.8 Å².